The summed E-state index contributed by atoms with van der Waals surface area (Å²) in [5.41, 5.74) is 7.68. The molecule has 0 spiro atoms. The van der Waals surface area contributed by atoms with E-state index in [4.69, 9.17) is 22.1 Å². The second-order valence-electron chi connectivity index (χ2n) is 6.45. The molecule has 8 nitrogen and oxygen atoms in total. The number of carbonyl (C=O) groups excluding carboxylic acids is 1. The molecule has 1 aliphatic heterocycles. The summed E-state index contributed by atoms with van der Waals surface area (Å²) in [5.74, 6) is 0.709. The van der Waals surface area contributed by atoms with Crippen LogP contribution in [0.4, 0.5) is 16.8 Å². The molecule has 0 saturated carbocycles. The largest absolute Gasteiger partial charge is 0.378 e. The Hall–Kier alpha value is -2.75. The van der Waals surface area contributed by atoms with Crippen LogP contribution in [0.5, 0.6) is 0 Å². The minimum Gasteiger partial charge on any atom is -0.378 e. The Morgan fingerprint density at radius 2 is 2.03 bits per heavy atom. The van der Waals surface area contributed by atoms with E-state index in [9.17, 15) is 4.79 Å². The molecule has 1 saturated heterocycles. The van der Waals surface area contributed by atoms with Crippen molar-refractivity contribution in [3.8, 4) is 11.3 Å². The van der Waals surface area contributed by atoms with Gasteiger partial charge in [-0.15, -0.1) is 0 Å². The molecule has 0 unspecified atom stereocenters. The molecule has 3 heterocycles. The summed E-state index contributed by atoms with van der Waals surface area (Å²) in [6.45, 7) is 4.63. The summed E-state index contributed by atoms with van der Waals surface area (Å²) < 4.78 is 5.41. The Bertz CT molecular complexity index is 1030. The maximum Gasteiger partial charge on any atom is 0.261 e. The van der Waals surface area contributed by atoms with E-state index in [2.05, 4.69) is 25.2 Å². The lowest BCUT2D eigenvalue weighted by Crippen LogP contribution is -2.37. The molecule has 0 bridgehead atoms. The number of rotatable bonds is 5. The Labute approximate surface area is 176 Å². The monoisotopic (exact) mass is 430 g/mol. The van der Waals surface area contributed by atoms with Crippen LogP contribution in [-0.4, -0.2) is 47.2 Å². The van der Waals surface area contributed by atoms with Crippen molar-refractivity contribution in [3.05, 3.63) is 46.1 Å². The Balaban J connectivity index is 1.72. The minimum absolute atomic E-state index is 0.334. The fourth-order valence-electron chi connectivity index (χ4n) is 3.17. The number of morpholine rings is 1. The summed E-state index contributed by atoms with van der Waals surface area (Å²) >= 11 is 7.55. The number of hydrogen-bond donors (Lipinski definition) is 2. The van der Waals surface area contributed by atoms with Crippen molar-refractivity contribution in [1.29, 1.82) is 0 Å². The van der Waals surface area contributed by atoms with Crippen LogP contribution >= 0.6 is 22.9 Å². The maximum absolute atomic E-state index is 12.1. The number of nitrogens with zero attached hydrogens (tertiary/aromatic N) is 4. The number of primary amides is 1. The quantitative estimate of drug-likeness (QED) is 0.639. The lowest BCUT2D eigenvalue weighted by molar-refractivity contribution is 0.100. The number of aromatic nitrogens is 3. The van der Waals surface area contributed by atoms with Gasteiger partial charge >= 0.3 is 0 Å². The molecule has 1 fully saturated rings. The molecule has 1 aliphatic rings. The highest BCUT2D eigenvalue weighted by Crippen LogP contribution is 2.38. The molecule has 2 aromatic heterocycles. The first kappa shape index (κ1) is 19.6. The predicted molar refractivity (Wildman–Crippen MR) is 114 cm³/mol. The van der Waals surface area contributed by atoms with Crippen LogP contribution in [0.1, 0.15) is 15.2 Å². The van der Waals surface area contributed by atoms with Crippen molar-refractivity contribution in [2.24, 2.45) is 5.73 Å². The molecule has 3 N–H and O–H groups in total. The van der Waals surface area contributed by atoms with E-state index in [1.807, 2.05) is 19.1 Å². The van der Waals surface area contributed by atoms with Gasteiger partial charge in [-0.1, -0.05) is 35.1 Å². The van der Waals surface area contributed by atoms with Crippen LogP contribution in [0.15, 0.2) is 30.6 Å². The van der Waals surface area contributed by atoms with E-state index in [1.165, 1.54) is 0 Å². The van der Waals surface area contributed by atoms with Crippen LogP contribution in [0, 0.1) is 6.92 Å². The third kappa shape index (κ3) is 4.02. The number of carbonyl (C=O) groups is 1. The third-order valence-corrected chi connectivity index (χ3v) is 5.82. The van der Waals surface area contributed by atoms with Crippen LogP contribution in [0.2, 0.25) is 5.02 Å². The van der Waals surface area contributed by atoms with E-state index in [1.54, 1.807) is 18.5 Å². The van der Waals surface area contributed by atoms with Crippen molar-refractivity contribution in [2.75, 3.05) is 36.5 Å². The van der Waals surface area contributed by atoms with Crippen molar-refractivity contribution in [3.63, 3.8) is 0 Å². The van der Waals surface area contributed by atoms with Crippen molar-refractivity contribution < 1.29 is 9.53 Å². The number of halogens is 1. The number of hydrogen-bond acceptors (Lipinski definition) is 8. The average molecular weight is 431 g/mol. The molecule has 10 heteroatoms. The molecule has 4 rings (SSSR count). The number of nitrogens with one attached hydrogen (secondary N) is 1. The Kier molecular flexibility index (Phi) is 5.61. The molecular formula is C19H19ClN6O2S. The topological polar surface area (TPSA) is 106 Å². The number of thiazole rings is 1. The van der Waals surface area contributed by atoms with Gasteiger partial charge in [0.2, 0.25) is 0 Å². The number of amides is 1. The number of benzene rings is 1. The summed E-state index contributed by atoms with van der Waals surface area (Å²) in [6.07, 6.45) is 3.25. The first-order valence-corrected chi connectivity index (χ1v) is 10.2. The number of aryl methyl sites for hydroxylation is 1. The smallest absolute Gasteiger partial charge is 0.261 e. The number of anilines is 3. The van der Waals surface area contributed by atoms with Crippen LogP contribution < -0.4 is 16.0 Å². The van der Waals surface area contributed by atoms with Gasteiger partial charge in [-0.05, 0) is 18.6 Å². The average Bonchev–Trinajstić information content (AvgIpc) is 3.13. The first-order valence-electron chi connectivity index (χ1n) is 9.01. The van der Waals surface area contributed by atoms with Gasteiger partial charge in [-0.3, -0.25) is 4.79 Å². The van der Waals surface area contributed by atoms with Gasteiger partial charge in [0.05, 0.1) is 23.9 Å². The first-order chi connectivity index (χ1) is 14.0. The number of ether oxygens (including phenoxy) is 1. The SMILES string of the molecule is Cc1cccc(Cl)c1-c1nc(Nc2nccnc2N2CCOCC2)sc1C(N)=O. The molecular weight excluding hydrogens is 412 g/mol. The molecule has 0 atom stereocenters. The maximum atomic E-state index is 12.1. The summed E-state index contributed by atoms with van der Waals surface area (Å²) in [6, 6.07) is 5.53. The van der Waals surface area contributed by atoms with Crippen molar-refractivity contribution in [2.45, 2.75) is 6.92 Å². The van der Waals surface area contributed by atoms with Gasteiger partial charge in [0, 0.05) is 31.0 Å². The van der Waals surface area contributed by atoms with E-state index in [-0.39, 0.29) is 0 Å². The fraction of sp³-hybridized carbons (Fsp3) is 0.263. The van der Waals surface area contributed by atoms with Crippen LogP contribution in [0.3, 0.4) is 0 Å². The van der Waals surface area contributed by atoms with Crippen LogP contribution in [-0.2, 0) is 4.74 Å². The van der Waals surface area contributed by atoms with E-state index in [0.29, 0.717) is 51.1 Å². The summed E-state index contributed by atoms with van der Waals surface area (Å²) in [4.78, 5) is 28.0. The van der Waals surface area contributed by atoms with Gasteiger partial charge in [0.25, 0.3) is 5.91 Å². The molecule has 0 aliphatic carbocycles. The van der Waals surface area contributed by atoms with Crippen LogP contribution in [0.25, 0.3) is 11.3 Å². The van der Waals surface area contributed by atoms with Crippen molar-refractivity contribution >= 4 is 45.6 Å². The van der Waals surface area contributed by atoms with E-state index in [0.717, 1.165) is 30.0 Å². The fourth-order valence-corrected chi connectivity index (χ4v) is 4.30. The number of nitrogens with two attached hydrogens (primary N) is 1. The second-order valence-corrected chi connectivity index (χ2v) is 7.85. The van der Waals surface area contributed by atoms with Gasteiger partial charge in [-0.2, -0.15) is 0 Å². The zero-order valence-electron chi connectivity index (χ0n) is 15.7. The predicted octanol–water partition coefficient (Wildman–Crippen LogP) is 3.24. The lowest BCUT2D eigenvalue weighted by Gasteiger charge is -2.28. The molecule has 3 aromatic rings. The van der Waals surface area contributed by atoms with Gasteiger partial charge in [0.15, 0.2) is 16.8 Å². The standard InChI is InChI=1S/C19H19ClN6O2S/c1-11-3-2-4-12(20)13(11)14-15(16(21)27)29-19(24-14)25-17-18(23-6-5-22-17)26-7-9-28-10-8-26/h2-6H,7-10H2,1H3,(H2,21,27)(H,22,24,25). The molecule has 29 heavy (non-hydrogen) atoms. The summed E-state index contributed by atoms with van der Waals surface area (Å²) in [7, 11) is 0. The third-order valence-electron chi connectivity index (χ3n) is 4.52. The minimum atomic E-state index is -0.558. The lowest BCUT2D eigenvalue weighted by atomic mass is 10.0. The van der Waals surface area contributed by atoms with Gasteiger partial charge in [0.1, 0.15) is 4.88 Å². The zero-order chi connectivity index (χ0) is 20.4. The molecule has 150 valence electrons. The highest BCUT2D eigenvalue weighted by molar-refractivity contribution is 7.18. The Morgan fingerprint density at radius 3 is 2.76 bits per heavy atom. The van der Waals surface area contributed by atoms with Crippen molar-refractivity contribution in [1.82, 2.24) is 15.0 Å². The molecule has 1 amide bonds. The summed E-state index contributed by atoms with van der Waals surface area (Å²) in [5, 5.41) is 4.20. The Morgan fingerprint density at radius 1 is 1.28 bits per heavy atom. The highest BCUT2D eigenvalue weighted by atomic mass is 35.5. The zero-order valence-corrected chi connectivity index (χ0v) is 17.3. The van der Waals surface area contributed by atoms with E-state index < -0.39 is 5.91 Å². The second kappa shape index (κ2) is 8.32. The highest BCUT2D eigenvalue weighted by Gasteiger charge is 2.23. The molecule has 0 radical (unpaired) electrons. The molecule has 1 aromatic carbocycles. The van der Waals surface area contributed by atoms with Gasteiger partial charge in [-0.25, -0.2) is 15.0 Å². The van der Waals surface area contributed by atoms with Gasteiger partial charge < -0.3 is 20.7 Å². The normalized spacial score (nSPS) is 14.1. The van der Waals surface area contributed by atoms with E-state index >= 15 is 0 Å².